The van der Waals surface area contributed by atoms with E-state index in [4.69, 9.17) is 0 Å². The smallest absolute Gasteiger partial charge is 0.0126 e. The molecule has 0 aromatic carbocycles. The van der Waals surface area contributed by atoms with Gasteiger partial charge in [0.15, 0.2) is 0 Å². The lowest BCUT2D eigenvalue weighted by Crippen LogP contribution is -2.60. The number of hydrogen-bond donors (Lipinski definition) is 1. The van der Waals surface area contributed by atoms with Crippen molar-refractivity contribution in [2.24, 2.45) is 17.3 Å². The van der Waals surface area contributed by atoms with Gasteiger partial charge in [0.2, 0.25) is 0 Å². The average molecular weight is 141 g/mol. The minimum atomic E-state index is 0.549. The first-order chi connectivity index (χ1) is 4.51. The molecule has 0 heterocycles. The third-order valence-corrected chi connectivity index (χ3v) is 3.76. The Kier molecular flexibility index (Phi) is 1.80. The van der Waals surface area contributed by atoms with Crippen molar-refractivity contribution in [2.45, 2.75) is 33.7 Å². The molecule has 1 heteroatoms. The van der Waals surface area contributed by atoms with Crippen LogP contribution in [-0.4, -0.2) is 13.1 Å². The molecule has 0 saturated heterocycles. The highest BCUT2D eigenvalue weighted by atomic mass is 14.9. The van der Waals surface area contributed by atoms with Crippen molar-refractivity contribution in [3.8, 4) is 0 Å². The van der Waals surface area contributed by atoms with Gasteiger partial charge in [-0.05, 0) is 24.3 Å². The van der Waals surface area contributed by atoms with E-state index in [2.05, 4.69) is 40.1 Å². The summed E-state index contributed by atoms with van der Waals surface area (Å²) in [5, 5.41) is 3.36. The summed E-state index contributed by atoms with van der Waals surface area (Å²) in [5.41, 5.74) is 0.549. The molecule has 0 amide bonds. The van der Waals surface area contributed by atoms with Crippen LogP contribution in [0.1, 0.15) is 27.7 Å². The minimum absolute atomic E-state index is 0.549. The lowest BCUT2D eigenvalue weighted by atomic mass is 9.53. The van der Waals surface area contributed by atoms with Crippen molar-refractivity contribution in [1.82, 2.24) is 5.32 Å². The first-order valence-corrected chi connectivity index (χ1v) is 4.19. The van der Waals surface area contributed by atoms with Crippen LogP contribution < -0.4 is 5.32 Å². The monoisotopic (exact) mass is 141 g/mol. The molecule has 0 aliphatic heterocycles. The fourth-order valence-corrected chi connectivity index (χ4v) is 2.15. The van der Waals surface area contributed by atoms with Crippen LogP contribution in [0.2, 0.25) is 0 Å². The minimum Gasteiger partial charge on any atom is -0.316 e. The maximum absolute atomic E-state index is 3.36. The van der Waals surface area contributed by atoms with Crippen LogP contribution in [0, 0.1) is 17.3 Å². The van der Waals surface area contributed by atoms with Gasteiger partial charge in [-0.15, -0.1) is 0 Å². The molecule has 0 bridgehead atoms. The molecule has 2 unspecified atom stereocenters. The molecule has 60 valence electrons. The van der Waals surface area contributed by atoms with Crippen LogP contribution in [0.25, 0.3) is 0 Å². The molecule has 0 aromatic heterocycles. The lowest BCUT2D eigenvalue weighted by Gasteiger charge is -2.56. The summed E-state index contributed by atoms with van der Waals surface area (Å²) < 4.78 is 0. The predicted molar refractivity (Wildman–Crippen MR) is 45.0 cm³/mol. The summed E-state index contributed by atoms with van der Waals surface area (Å²) >= 11 is 0. The van der Waals surface area contributed by atoms with Gasteiger partial charge in [0.1, 0.15) is 0 Å². The quantitative estimate of drug-likeness (QED) is 0.588. The zero-order chi connectivity index (χ0) is 7.94. The van der Waals surface area contributed by atoms with Gasteiger partial charge in [0, 0.05) is 6.04 Å². The molecule has 0 aromatic rings. The molecule has 1 rings (SSSR count). The van der Waals surface area contributed by atoms with Gasteiger partial charge < -0.3 is 5.32 Å². The molecule has 0 radical (unpaired) electrons. The molecule has 1 aliphatic carbocycles. The summed E-state index contributed by atoms with van der Waals surface area (Å²) in [4.78, 5) is 0. The highest BCUT2D eigenvalue weighted by molar-refractivity contribution is 5.02. The lowest BCUT2D eigenvalue weighted by molar-refractivity contribution is -0.0393. The second kappa shape index (κ2) is 2.23. The Morgan fingerprint density at radius 2 is 1.50 bits per heavy atom. The van der Waals surface area contributed by atoms with Gasteiger partial charge in [0.25, 0.3) is 0 Å². The zero-order valence-corrected chi connectivity index (χ0v) is 7.73. The van der Waals surface area contributed by atoms with Gasteiger partial charge in [-0.3, -0.25) is 0 Å². The second-order valence-electron chi connectivity index (χ2n) is 4.21. The van der Waals surface area contributed by atoms with Gasteiger partial charge in [0.05, 0.1) is 0 Å². The molecule has 10 heavy (non-hydrogen) atoms. The van der Waals surface area contributed by atoms with E-state index in [-0.39, 0.29) is 0 Å². The van der Waals surface area contributed by atoms with Crippen molar-refractivity contribution in [3.05, 3.63) is 0 Å². The Bertz CT molecular complexity index is 117. The van der Waals surface area contributed by atoms with E-state index in [0.717, 1.165) is 17.9 Å². The van der Waals surface area contributed by atoms with E-state index in [9.17, 15) is 0 Å². The number of nitrogens with one attached hydrogen (secondary N) is 1. The van der Waals surface area contributed by atoms with Crippen LogP contribution in [0.4, 0.5) is 0 Å². The Morgan fingerprint density at radius 1 is 1.10 bits per heavy atom. The molecule has 2 atom stereocenters. The topological polar surface area (TPSA) is 12.0 Å². The third kappa shape index (κ3) is 0.800. The Morgan fingerprint density at radius 3 is 1.70 bits per heavy atom. The maximum Gasteiger partial charge on any atom is 0.0126 e. The summed E-state index contributed by atoms with van der Waals surface area (Å²) in [6.45, 7) is 9.38. The number of rotatable bonds is 1. The summed E-state index contributed by atoms with van der Waals surface area (Å²) in [7, 11) is 2.06. The van der Waals surface area contributed by atoms with E-state index in [0.29, 0.717) is 5.41 Å². The van der Waals surface area contributed by atoms with Crippen molar-refractivity contribution >= 4 is 0 Å². The predicted octanol–water partition coefficient (Wildman–Crippen LogP) is 1.89. The van der Waals surface area contributed by atoms with Crippen LogP contribution >= 0.6 is 0 Å². The van der Waals surface area contributed by atoms with Gasteiger partial charge >= 0.3 is 0 Å². The van der Waals surface area contributed by atoms with Crippen molar-refractivity contribution < 1.29 is 0 Å². The SMILES string of the molecule is CNC1C(C)C(C)(C)C1C. The number of hydrogen-bond acceptors (Lipinski definition) is 1. The molecular formula is C9H19N. The Hall–Kier alpha value is -0.0400. The Labute approximate surface area is 64.2 Å². The zero-order valence-electron chi connectivity index (χ0n) is 7.73. The van der Waals surface area contributed by atoms with E-state index >= 15 is 0 Å². The molecule has 1 N–H and O–H groups in total. The molecule has 1 aliphatic rings. The van der Waals surface area contributed by atoms with E-state index in [1.54, 1.807) is 0 Å². The van der Waals surface area contributed by atoms with Gasteiger partial charge in [-0.2, -0.15) is 0 Å². The largest absolute Gasteiger partial charge is 0.316 e. The van der Waals surface area contributed by atoms with Crippen molar-refractivity contribution in [1.29, 1.82) is 0 Å². The van der Waals surface area contributed by atoms with E-state index in [1.165, 1.54) is 0 Å². The Balaban J connectivity index is 2.59. The highest BCUT2D eigenvalue weighted by Gasteiger charge is 2.50. The summed E-state index contributed by atoms with van der Waals surface area (Å²) in [6, 6.07) is 0.745. The van der Waals surface area contributed by atoms with Crippen LogP contribution in [0.5, 0.6) is 0 Å². The summed E-state index contributed by atoms with van der Waals surface area (Å²) in [6.07, 6.45) is 0. The normalized spacial score (nSPS) is 44.7. The molecular weight excluding hydrogens is 122 g/mol. The third-order valence-electron chi connectivity index (χ3n) is 3.76. The van der Waals surface area contributed by atoms with E-state index in [1.807, 2.05) is 0 Å². The van der Waals surface area contributed by atoms with Crippen molar-refractivity contribution in [2.75, 3.05) is 7.05 Å². The summed E-state index contributed by atoms with van der Waals surface area (Å²) in [5.74, 6) is 1.65. The maximum atomic E-state index is 3.36. The van der Waals surface area contributed by atoms with Crippen molar-refractivity contribution in [3.63, 3.8) is 0 Å². The van der Waals surface area contributed by atoms with E-state index < -0.39 is 0 Å². The fraction of sp³-hybridized carbons (Fsp3) is 1.00. The van der Waals surface area contributed by atoms with Crippen LogP contribution in [-0.2, 0) is 0 Å². The average Bonchev–Trinajstić information content (AvgIpc) is 1.89. The highest BCUT2D eigenvalue weighted by Crippen LogP contribution is 2.50. The second-order valence-corrected chi connectivity index (χ2v) is 4.21. The molecule has 1 saturated carbocycles. The fourth-order valence-electron chi connectivity index (χ4n) is 2.15. The van der Waals surface area contributed by atoms with Gasteiger partial charge in [-0.1, -0.05) is 27.7 Å². The molecule has 1 nitrogen and oxygen atoms in total. The first kappa shape index (κ1) is 8.06. The van der Waals surface area contributed by atoms with Gasteiger partial charge in [-0.25, -0.2) is 0 Å². The van der Waals surface area contributed by atoms with Crippen LogP contribution in [0.15, 0.2) is 0 Å². The molecule has 0 spiro atoms. The standard InChI is InChI=1S/C9H19N/c1-6-8(10-5)7(2)9(6,3)4/h6-8,10H,1-5H3. The first-order valence-electron chi connectivity index (χ1n) is 4.19. The molecule has 1 fully saturated rings. The van der Waals surface area contributed by atoms with Crippen LogP contribution in [0.3, 0.4) is 0 Å².